The third kappa shape index (κ3) is 4.11. The second-order valence-corrected chi connectivity index (χ2v) is 5.02. The molecule has 0 fully saturated rings. The molecule has 0 saturated carbocycles. The van der Waals surface area contributed by atoms with Crippen molar-refractivity contribution in [1.29, 1.82) is 0 Å². The molecule has 0 heterocycles. The second-order valence-electron chi connectivity index (χ2n) is 4.27. The molecule has 1 rings (SSSR count). The highest BCUT2D eigenvalue weighted by molar-refractivity contribution is 6.20. The van der Waals surface area contributed by atoms with E-state index >= 15 is 0 Å². The van der Waals surface area contributed by atoms with E-state index in [1.807, 2.05) is 13.8 Å². The van der Waals surface area contributed by atoms with E-state index in [2.05, 4.69) is 5.32 Å². The monoisotopic (exact) mass is 271 g/mol. The molecule has 0 bridgehead atoms. The number of phenols is 1. The first-order valence-corrected chi connectivity index (χ1v) is 6.19. The Hall–Kier alpha value is -1.42. The van der Waals surface area contributed by atoms with Gasteiger partial charge in [0.15, 0.2) is 0 Å². The van der Waals surface area contributed by atoms with Crippen molar-refractivity contribution in [2.24, 2.45) is 0 Å². The number of halogens is 1. The number of hydrogen-bond donors (Lipinski definition) is 2. The van der Waals surface area contributed by atoms with E-state index in [0.29, 0.717) is 12.2 Å². The first kappa shape index (κ1) is 14.6. The van der Waals surface area contributed by atoms with Crippen molar-refractivity contribution in [3.63, 3.8) is 0 Å². The number of carbonyl (C=O) groups excluding carboxylic acids is 1. The smallest absolute Gasteiger partial charge is 0.255 e. The van der Waals surface area contributed by atoms with Crippen LogP contribution in [0.2, 0.25) is 0 Å². The summed E-state index contributed by atoms with van der Waals surface area (Å²) >= 11 is 5.86. The van der Waals surface area contributed by atoms with E-state index in [9.17, 15) is 9.90 Å². The summed E-state index contributed by atoms with van der Waals surface area (Å²) in [5, 5.41) is 12.5. The summed E-state index contributed by atoms with van der Waals surface area (Å²) in [7, 11) is 1.50. The number of amides is 1. The predicted octanol–water partition coefficient (Wildman–Crippen LogP) is 2.54. The van der Waals surface area contributed by atoms with Gasteiger partial charge in [-0.05, 0) is 32.4 Å². The highest BCUT2D eigenvalue weighted by Gasteiger charge is 2.15. The summed E-state index contributed by atoms with van der Waals surface area (Å²) in [6.07, 6.45) is 0.671. The Morgan fingerprint density at radius 3 is 2.67 bits per heavy atom. The number of rotatable bonds is 5. The molecular formula is C13H18ClNO3. The van der Waals surface area contributed by atoms with E-state index < -0.39 is 0 Å². The van der Waals surface area contributed by atoms with Gasteiger partial charge in [0.1, 0.15) is 11.5 Å². The fourth-order valence-electron chi connectivity index (χ4n) is 1.68. The molecule has 0 spiro atoms. The van der Waals surface area contributed by atoms with Gasteiger partial charge in [-0.3, -0.25) is 4.79 Å². The van der Waals surface area contributed by atoms with Crippen molar-refractivity contribution in [3.8, 4) is 11.5 Å². The number of aromatic hydroxyl groups is 1. The molecule has 2 unspecified atom stereocenters. The maximum absolute atomic E-state index is 11.9. The van der Waals surface area contributed by atoms with Gasteiger partial charge in [0.05, 0.1) is 12.7 Å². The lowest BCUT2D eigenvalue weighted by Crippen LogP contribution is -2.33. The summed E-state index contributed by atoms with van der Waals surface area (Å²) in [5.41, 5.74) is 0.227. The zero-order valence-electron chi connectivity index (χ0n) is 10.7. The van der Waals surface area contributed by atoms with Gasteiger partial charge in [-0.25, -0.2) is 0 Å². The average Bonchev–Trinajstić information content (AvgIpc) is 2.27. The lowest BCUT2D eigenvalue weighted by molar-refractivity contribution is 0.0936. The van der Waals surface area contributed by atoms with Crippen molar-refractivity contribution in [3.05, 3.63) is 23.8 Å². The number of hydrogen-bond acceptors (Lipinski definition) is 3. The molecule has 2 atom stereocenters. The van der Waals surface area contributed by atoms with Crippen LogP contribution in [0.4, 0.5) is 0 Å². The highest BCUT2D eigenvalue weighted by atomic mass is 35.5. The van der Waals surface area contributed by atoms with Gasteiger partial charge < -0.3 is 15.2 Å². The zero-order valence-corrected chi connectivity index (χ0v) is 11.5. The Labute approximate surface area is 112 Å². The van der Waals surface area contributed by atoms with Crippen molar-refractivity contribution in [1.82, 2.24) is 5.32 Å². The third-order valence-corrected chi connectivity index (χ3v) is 2.68. The highest BCUT2D eigenvalue weighted by Crippen LogP contribution is 2.23. The van der Waals surface area contributed by atoms with E-state index in [1.165, 1.54) is 19.2 Å². The Morgan fingerprint density at radius 1 is 1.50 bits per heavy atom. The molecular weight excluding hydrogens is 254 g/mol. The molecule has 1 aromatic carbocycles. The van der Waals surface area contributed by atoms with Gasteiger partial charge in [0, 0.05) is 17.5 Å². The zero-order chi connectivity index (χ0) is 13.7. The SMILES string of the molecule is COc1ccc(C(=O)NC(C)CC(C)Cl)c(O)c1. The van der Waals surface area contributed by atoms with Crippen molar-refractivity contribution >= 4 is 17.5 Å². The molecule has 0 radical (unpaired) electrons. The molecule has 18 heavy (non-hydrogen) atoms. The molecule has 1 amide bonds. The maximum atomic E-state index is 11.9. The molecule has 0 aromatic heterocycles. The van der Waals surface area contributed by atoms with Crippen LogP contribution >= 0.6 is 11.6 Å². The Balaban J connectivity index is 2.72. The first-order valence-electron chi connectivity index (χ1n) is 5.76. The molecule has 0 saturated heterocycles. The number of benzene rings is 1. The van der Waals surface area contributed by atoms with E-state index in [-0.39, 0.29) is 28.6 Å². The lowest BCUT2D eigenvalue weighted by atomic mass is 10.1. The molecule has 100 valence electrons. The molecule has 0 aliphatic heterocycles. The average molecular weight is 272 g/mol. The minimum Gasteiger partial charge on any atom is -0.507 e. The third-order valence-electron chi connectivity index (χ3n) is 2.51. The summed E-state index contributed by atoms with van der Waals surface area (Å²) in [5.74, 6) is 0.0874. The molecule has 1 aromatic rings. The molecule has 0 aliphatic carbocycles. The standard InChI is InChI=1S/C13H18ClNO3/c1-8(14)6-9(2)15-13(17)11-5-4-10(18-3)7-12(11)16/h4-5,7-9,16H,6H2,1-3H3,(H,15,17). The van der Waals surface area contributed by atoms with E-state index in [1.54, 1.807) is 6.07 Å². The van der Waals surface area contributed by atoms with E-state index in [4.69, 9.17) is 16.3 Å². The van der Waals surface area contributed by atoms with Crippen LogP contribution < -0.4 is 10.1 Å². The number of methoxy groups -OCH3 is 1. The number of alkyl halides is 1. The quantitative estimate of drug-likeness (QED) is 0.809. The lowest BCUT2D eigenvalue weighted by Gasteiger charge is -2.15. The Bertz CT molecular complexity index is 421. The summed E-state index contributed by atoms with van der Waals surface area (Å²) in [6.45, 7) is 3.74. The fraction of sp³-hybridized carbons (Fsp3) is 0.462. The number of carbonyl (C=O) groups is 1. The molecule has 0 aliphatic rings. The van der Waals surface area contributed by atoms with Gasteiger partial charge in [-0.2, -0.15) is 0 Å². The second kappa shape index (κ2) is 6.50. The normalized spacial score (nSPS) is 13.8. The number of nitrogens with one attached hydrogen (secondary N) is 1. The van der Waals surface area contributed by atoms with E-state index in [0.717, 1.165) is 0 Å². The topological polar surface area (TPSA) is 58.6 Å². The fourth-order valence-corrected chi connectivity index (χ4v) is 1.95. The maximum Gasteiger partial charge on any atom is 0.255 e. The number of phenolic OH excluding ortho intramolecular Hbond substituents is 1. The summed E-state index contributed by atoms with van der Waals surface area (Å²) in [6, 6.07) is 4.51. The van der Waals surface area contributed by atoms with Crippen LogP contribution in [0.1, 0.15) is 30.6 Å². The first-order chi connectivity index (χ1) is 8.43. The minimum atomic E-state index is -0.319. The van der Waals surface area contributed by atoms with Crippen LogP contribution in [-0.2, 0) is 0 Å². The van der Waals surface area contributed by atoms with Gasteiger partial charge >= 0.3 is 0 Å². The molecule has 2 N–H and O–H groups in total. The van der Waals surface area contributed by atoms with Crippen molar-refractivity contribution in [2.45, 2.75) is 31.7 Å². The summed E-state index contributed by atoms with van der Waals surface area (Å²) < 4.78 is 4.95. The van der Waals surface area contributed by atoms with Crippen LogP contribution in [0.25, 0.3) is 0 Å². The van der Waals surface area contributed by atoms with Gasteiger partial charge in [0.25, 0.3) is 5.91 Å². The predicted molar refractivity (Wildman–Crippen MR) is 71.5 cm³/mol. The minimum absolute atomic E-state index is 0.00948. The summed E-state index contributed by atoms with van der Waals surface area (Å²) in [4.78, 5) is 11.9. The van der Waals surface area contributed by atoms with Crippen LogP contribution in [-0.4, -0.2) is 29.5 Å². The van der Waals surface area contributed by atoms with Crippen LogP contribution in [0.5, 0.6) is 11.5 Å². The Kier molecular flexibility index (Phi) is 5.28. The van der Waals surface area contributed by atoms with Crippen LogP contribution in [0.3, 0.4) is 0 Å². The van der Waals surface area contributed by atoms with Gasteiger partial charge in [0.2, 0.25) is 0 Å². The van der Waals surface area contributed by atoms with Crippen molar-refractivity contribution < 1.29 is 14.6 Å². The van der Waals surface area contributed by atoms with Crippen LogP contribution in [0.15, 0.2) is 18.2 Å². The molecule has 5 heteroatoms. The van der Waals surface area contributed by atoms with Gasteiger partial charge in [-0.1, -0.05) is 0 Å². The van der Waals surface area contributed by atoms with Gasteiger partial charge in [-0.15, -0.1) is 11.6 Å². The van der Waals surface area contributed by atoms with Crippen LogP contribution in [0, 0.1) is 0 Å². The molecule has 4 nitrogen and oxygen atoms in total. The Morgan fingerprint density at radius 2 is 2.17 bits per heavy atom. The largest absolute Gasteiger partial charge is 0.507 e. The number of ether oxygens (including phenoxy) is 1. The van der Waals surface area contributed by atoms with Crippen molar-refractivity contribution in [2.75, 3.05) is 7.11 Å².